The molecule has 5 heteroatoms. The summed E-state index contributed by atoms with van der Waals surface area (Å²) in [4.78, 5) is 23.1. The number of carbonyl (C=O) groups is 2. The molecule has 0 aliphatic heterocycles. The third-order valence-electron chi connectivity index (χ3n) is 4.20. The molecule has 2 amide bonds. The van der Waals surface area contributed by atoms with Crippen LogP contribution in [0.15, 0.2) is 30.3 Å². The lowest BCUT2D eigenvalue weighted by Gasteiger charge is -2.38. The lowest BCUT2D eigenvalue weighted by molar-refractivity contribution is -0.138. The van der Waals surface area contributed by atoms with Crippen molar-refractivity contribution in [3.63, 3.8) is 0 Å². The van der Waals surface area contributed by atoms with Gasteiger partial charge in [0.25, 0.3) is 0 Å². The van der Waals surface area contributed by atoms with Crippen molar-refractivity contribution >= 4 is 12.0 Å². The van der Waals surface area contributed by atoms with Gasteiger partial charge in [-0.05, 0) is 23.8 Å². The fraction of sp³-hybridized carbons (Fsp3) is 0.500. The predicted octanol–water partition coefficient (Wildman–Crippen LogP) is 2.34. The van der Waals surface area contributed by atoms with Crippen LogP contribution in [0.1, 0.15) is 37.7 Å². The minimum atomic E-state index is -0.938. The summed E-state index contributed by atoms with van der Waals surface area (Å²) < 4.78 is 0. The molecule has 0 spiro atoms. The summed E-state index contributed by atoms with van der Waals surface area (Å²) in [5, 5.41) is 14.8. The molecule has 0 heterocycles. The molecular formula is C16H22N2O3. The molecule has 0 saturated heterocycles. The van der Waals surface area contributed by atoms with E-state index in [1.807, 2.05) is 6.07 Å². The quantitative estimate of drug-likeness (QED) is 0.752. The number of carboxylic acid groups (broad SMARTS) is 1. The summed E-state index contributed by atoms with van der Waals surface area (Å²) in [6.45, 7) is 2.88. The molecule has 5 nitrogen and oxygen atoms in total. The number of amides is 2. The van der Waals surface area contributed by atoms with Crippen LogP contribution in [-0.2, 0) is 4.79 Å². The van der Waals surface area contributed by atoms with E-state index in [1.165, 1.54) is 6.42 Å². The van der Waals surface area contributed by atoms with E-state index in [4.69, 9.17) is 0 Å². The molecule has 1 aliphatic carbocycles. The van der Waals surface area contributed by atoms with Crippen molar-refractivity contribution in [2.45, 2.75) is 32.1 Å². The summed E-state index contributed by atoms with van der Waals surface area (Å²) in [7, 11) is 0. The van der Waals surface area contributed by atoms with Gasteiger partial charge in [-0.3, -0.25) is 4.79 Å². The highest BCUT2D eigenvalue weighted by Crippen LogP contribution is 2.39. The summed E-state index contributed by atoms with van der Waals surface area (Å²) in [6, 6.07) is 8.64. The van der Waals surface area contributed by atoms with E-state index in [9.17, 15) is 14.7 Å². The Hall–Kier alpha value is -2.04. The summed E-state index contributed by atoms with van der Waals surface area (Å²) in [5.41, 5.74) is 0.902. The molecule has 1 saturated carbocycles. The maximum Gasteiger partial charge on any atom is 0.314 e. The second-order valence-electron chi connectivity index (χ2n) is 6.03. The number of rotatable bonds is 6. The highest BCUT2D eigenvalue weighted by Gasteiger charge is 2.32. The van der Waals surface area contributed by atoms with Gasteiger partial charge in [0, 0.05) is 13.1 Å². The number of hydrogen-bond acceptors (Lipinski definition) is 2. The van der Waals surface area contributed by atoms with Crippen LogP contribution in [0.4, 0.5) is 4.79 Å². The van der Waals surface area contributed by atoms with Gasteiger partial charge in [0.2, 0.25) is 0 Å². The maximum atomic E-state index is 11.8. The van der Waals surface area contributed by atoms with Crippen LogP contribution in [0.2, 0.25) is 0 Å². The Morgan fingerprint density at radius 3 is 2.43 bits per heavy atom. The number of carbonyl (C=O) groups excluding carboxylic acids is 1. The molecule has 1 aromatic carbocycles. The second-order valence-corrected chi connectivity index (χ2v) is 6.03. The Labute approximate surface area is 124 Å². The van der Waals surface area contributed by atoms with E-state index < -0.39 is 11.9 Å². The fourth-order valence-electron chi connectivity index (χ4n) is 2.54. The van der Waals surface area contributed by atoms with Crippen molar-refractivity contribution in [1.29, 1.82) is 0 Å². The van der Waals surface area contributed by atoms with Gasteiger partial charge < -0.3 is 15.7 Å². The molecule has 0 bridgehead atoms. The smallest absolute Gasteiger partial charge is 0.314 e. The number of aliphatic carboxylic acids is 1. The minimum Gasteiger partial charge on any atom is -0.481 e. The zero-order valence-corrected chi connectivity index (χ0v) is 12.3. The van der Waals surface area contributed by atoms with E-state index in [1.54, 1.807) is 24.3 Å². The molecule has 2 rings (SSSR count). The van der Waals surface area contributed by atoms with Crippen LogP contribution in [0.3, 0.4) is 0 Å². The molecule has 21 heavy (non-hydrogen) atoms. The van der Waals surface area contributed by atoms with Gasteiger partial charge in [-0.2, -0.15) is 0 Å². The van der Waals surface area contributed by atoms with Gasteiger partial charge in [0.15, 0.2) is 0 Å². The molecule has 3 N–H and O–H groups in total. The molecule has 1 aliphatic rings. The number of benzene rings is 1. The molecule has 1 aromatic rings. The highest BCUT2D eigenvalue weighted by atomic mass is 16.4. The lowest BCUT2D eigenvalue weighted by atomic mass is 9.70. The zero-order valence-electron chi connectivity index (χ0n) is 12.3. The maximum absolute atomic E-state index is 11.8. The topological polar surface area (TPSA) is 78.4 Å². The first-order valence-corrected chi connectivity index (χ1v) is 7.30. The van der Waals surface area contributed by atoms with Crippen molar-refractivity contribution in [2.24, 2.45) is 5.41 Å². The molecule has 1 unspecified atom stereocenters. The van der Waals surface area contributed by atoms with Crippen molar-refractivity contribution in [3.8, 4) is 0 Å². The van der Waals surface area contributed by atoms with Crippen molar-refractivity contribution in [1.82, 2.24) is 10.6 Å². The van der Waals surface area contributed by atoms with Gasteiger partial charge in [0.05, 0.1) is 5.92 Å². The Balaban J connectivity index is 1.81. The number of urea groups is 1. The average Bonchev–Trinajstić information content (AvgIpc) is 2.44. The zero-order chi connectivity index (χ0) is 15.3. The third kappa shape index (κ3) is 4.21. The normalized spacial score (nSPS) is 17.4. The first kappa shape index (κ1) is 15.4. The van der Waals surface area contributed by atoms with Gasteiger partial charge in [0.1, 0.15) is 0 Å². The Morgan fingerprint density at radius 2 is 1.90 bits per heavy atom. The molecular weight excluding hydrogens is 268 g/mol. The van der Waals surface area contributed by atoms with Gasteiger partial charge in [-0.1, -0.05) is 43.7 Å². The van der Waals surface area contributed by atoms with E-state index in [0.29, 0.717) is 12.1 Å². The Kier molecular flexibility index (Phi) is 4.83. The third-order valence-corrected chi connectivity index (χ3v) is 4.20. The summed E-state index contributed by atoms with van der Waals surface area (Å²) in [5.74, 6) is -1.66. The molecule has 1 fully saturated rings. The first-order valence-electron chi connectivity index (χ1n) is 7.30. The van der Waals surface area contributed by atoms with Crippen LogP contribution in [0.5, 0.6) is 0 Å². The lowest BCUT2D eigenvalue weighted by Crippen LogP contribution is -2.45. The minimum absolute atomic E-state index is 0.0852. The molecule has 0 aromatic heterocycles. The van der Waals surface area contributed by atoms with Crippen molar-refractivity contribution in [2.75, 3.05) is 13.1 Å². The number of carboxylic acids is 1. The predicted molar refractivity (Wildman–Crippen MR) is 80.2 cm³/mol. The largest absolute Gasteiger partial charge is 0.481 e. The molecule has 0 radical (unpaired) electrons. The van der Waals surface area contributed by atoms with Crippen molar-refractivity contribution < 1.29 is 14.7 Å². The van der Waals surface area contributed by atoms with Crippen LogP contribution in [-0.4, -0.2) is 30.2 Å². The van der Waals surface area contributed by atoms with Crippen molar-refractivity contribution in [3.05, 3.63) is 35.9 Å². The molecule has 114 valence electrons. The summed E-state index contributed by atoms with van der Waals surface area (Å²) >= 11 is 0. The van der Waals surface area contributed by atoms with E-state index in [0.717, 1.165) is 12.8 Å². The van der Waals surface area contributed by atoms with Gasteiger partial charge >= 0.3 is 12.0 Å². The van der Waals surface area contributed by atoms with E-state index in [2.05, 4.69) is 17.6 Å². The van der Waals surface area contributed by atoms with Crippen LogP contribution in [0.25, 0.3) is 0 Å². The summed E-state index contributed by atoms with van der Waals surface area (Å²) in [6.07, 6.45) is 3.49. The Morgan fingerprint density at radius 1 is 1.24 bits per heavy atom. The van der Waals surface area contributed by atoms with Gasteiger partial charge in [-0.25, -0.2) is 4.79 Å². The van der Waals surface area contributed by atoms with Crippen LogP contribution in [0, 0.1) is 5.41 Å². The molecule has 1 atom stereocenters. The first-order chi connectivity index (χ1) is 10.0. The number of hydrogen-bond donors (Lipinski definition) is 3. The number of nitrogens with one attached hydrogen (secondary N) is 2. The average molecular weight is 290 g/mol. The van der Waals surface area contributed by atoms with E-state index >= 15 is 0 Å². The highest BCUT2D eigenvalue weighted by molar-refractivity contribution is 5.79. The standard InChI is InChI=1S/C16H22N2O3/c1-16(8-5-9-16)11-18-15(21)17-10-13(14(19)20)12-6-3-2-4-7-12/h2-4,6-7,13H,5,8-11H2,1H3,(H,19,20)(H2,17,18,21). The Bertz CT molecular complexity index is 498. The SMILES string of the molecule is CC1(CNC(=O)NCC(C(=O)O)c2ccccc2)CCC1. The van der Waals surface area contributed by atoms with Crippen LogP contribution >= 0.6 is 0 Å². The van der Waals surface area contributed by atoms with Gasteiger partial charge in [-0.15, -0.1) is 0 Å². The van der Waals surface area contributed by atoms with E-state index in [-0.39, 0.29) is 18.0 Å². The monoisotopic (exact) mass is 290 g/mol. The second kappa shape index (κ2) is 6.61. The van der Waals surface area contributed by atoms with Crippen LogP contribution < -0.4 is 10.6 Å². The fourth-order valence-corrected chi connectivity index (χ4v) is 2.54.